The maximum Gasteiger partial charge on any atom is 0.303 e. The van der Waals surface area contributed by atoms with E-state index in [9.17, 15) is 24.0 Å². The van der Waals surface area contributed by atoms with Gasteiger partial charge in [-0.3, -0.25) is 24.0 Å². The SMILES string of the molecule is CC(=O)OC[C@H]1O[C@@H](n2ncc(=O)n(/N=C/c3ccccc3)c2=S)[C@H](OC(C)=O)[C@@H](OC(C)=O)[C@@H]1OC(C)=O. The molecule has 1 aliphatic rings. The summed E-state index contributed by atoms with van der Waals surface area (Å²) in [6, 6.07) is 8.89. The zero-order valence-corrected chi connectivity index (χ0v) is 22.2. The highest BCUT2D eigenvalue weighted by atomic mass is 32.1. The van der Waals surface area contributed by atoms with Gasteiger partial charge in [0.25, 0.3) is 5.56 Å². The van der Waals surface area contributed by atoms with E-state index in [1.807, 2.05) is 6.07 Å². The highest BCUT2D eigenvalue weighted by Gasteiger charge is 2.53. The van der Waals surface area contributed by atoms with E-state index >= 15 is 0 Å². The lowest BCUT2D eigenvalue weighted by Gasteiger charge is -2.44. The minimum Gasteiger partial charge on any atom is -0.463 e. The third-order valence-electron chi connectivity index (χ3n) is 5.21. The van der Waals surface area contributed by atoms with Crippen molar-refractivity contribution in [1.29, 1.82) is 0 Å². The number of nitrogens with zero attached hydrogens (tertiary/aromatic N) is 4. The molecule has 39 heavy (non-hydrogen) atoms. The number of esters is 4. The summed E-state index contributed by atoms with van der Waals surface area (Å²) < 4.78 is 28.9. The van der Waals surface area contributed by atoms with Gasteiger partial charge in [0.1, 0.15) is 18.9 Å². The van der Waals surface area contributed by atoms with Crippen molar-refractivity contribution in [1.82, 2.24) is 14.5 Å². The average molecular weight is 563 g/mol. The van der Waals surface area contributed by atoms with Crippen molar-refractivity contribution in [2.45, 2.75) is 58.3 Å². The third kappa shape index (κ3) is 7.64. The fraction of sp³-hybridized carbons (Fsp3) is 0.417. The monoisotopic (exact) mass is 562 g/mol. The minimum absolute atomic E-state index is 0.268. The molecule has 0 aliphatic carbocycles. The fourth-order valence-electron chi connectivity index (χ4n) is 3.75. The summed E-state index contributed by atoms with van der Waals surface area (Å²) in [5.74, 6) is -3.03. The molecule has 0 N–H and O–H groups in total. The first-order chi connectivity index (χ1) is 18.5. The molecule has 0 radical (unpaired) electrons. The summed E-state index contributed by atoms with van der Waals surface area (Å²) in [6.45, 7) is 4.03. The van der Waals surface area contributed by atoms with Crippen molar-refractivity contribution in [2.24, 2.45) is 5.10 Å². The summed E-state index contributed by atoms with van der Waals surface area (Å²) >= 11 is 5.46. The first kappa shape index (κ1) is 29.3. The van der Waals surface area contributed by atoms with Gasteiger partial charge in [0.2, 0.25) is 4.77 Å². The fourth-order valence-corrected chi connectivity index (χ4v) is 4.04. The van der Waals surface area contributed by atoms with Crippen LogP contribution >= 0.6 is 12.2 Å². The summed E-state index contributed by atoms with van der Waals surface area (Å²) in [5.41, 5.74) is 0.00326. The van der Waals surface area contributed by atoms with Crippen molar-refractivity contribution in [2.75, 3.05) is 6.61 Å². The molecule has 208 valence electrons. The Kier molecular flexibility index (Phi) is 9.78. The van der Waals surface area contributed by atoms with Gasteiger partial charge < -0.3 is 23.7 Å². The number of benzene rings is 1. The topological polar surface area (TPSA) is 167 Å². The lowest BCUT2D eigenvalue weighted by Crippen LogP contribution is -2.61. The second kappa shape index (κ2) is 13.0. The average Bonchev–Trinajstić information content (AvgIpc) is 2.85. The van der Waals surface area contributed by atoms with Crippen LogP contribution < -0.4 is 5.56 Å². The van der Waals surface area contributed by atoms with Crippen LogP contribution in [0.1, 0.15) is 39.5 Å². The van der Waals surface area contributed by atoms with Gasteiger partial charge in [-0.05, 0) is 17.8 Å². The van der Waals surface area contributed by atoms with Crippen LogP contribution in [0, 0.1) is 4.77 Å². The Labute approximate surface area is 227 Å². The van der Waals surface area contributed by atoms with Crippen LogP contribution in [0.5, 0.6) is 0 Å². The minimum atomic E-state index is -1.47. The van der Waals surface area contributed by atoms with Crippen LogP contribution in [0.4, 0.5) is 0 Å². The molecule has 2 heterocycles. The second-order valence-corrected chi connectivity index (χ2v) is 8.63. The van der Waals surface area contributed by atoms with Gasteiger partial charge in [-0.15, -0.1) is 0 Å². The van der Waals surface area contributed by atoms with E-state index in [4.69, 9.17) is 35.9 Å². The Morgan fingerprint density at radius 3 is 2.13 bits per heavy atom. The summed E-state index contributed by atoms with van der Waals surface area (Å²) in [4.78, 5) is 60.1. The van der Waals surface area contributed by atoms with Gasteiger partial charge in [0.15, 0.2) is 24.5 Å². The number of hydrogen-bond donors (Lipinski definition) is 0. The molecule has 0 bridgehead atoms. The molecule has 0 unspecified atom stereocenters. The second-order valence-electron chi connectivity index (χ2n) is 8.27. The van der Waals surface area contributed by atoms with E-state index in [-0.39, 0.29) is 4.77 Å². The van der Waals surface area contributed by atoms with Crippen molar-refractivity contribution < 1.29 is 42.9 Å². The molecule has 1 aromatic heterocycles. The molecule has 15 heteroatoms. The predicted octanol–water partition coefficient (Wildman–Crippen LogP) is 0.912. The zero-order chi connectivity index (χ0) is 28.7. The lowest BCUT2D eigenvalue weighted by molar-refractivity contribution is -0.271. The number of carbonyl (C=O) groups excluding carboxylic acids is 4. The van der Waals surface area contributed by atoms with Crippen molar-refractivity contribution in [3.8, 4) is 0 Å². The van der Waals surface area contributed by atoms with Crippen molar-refractivity contribution in [3.05, 3.63) is 57.2 Å². The lowest BCUT2D eigenvalue weighted by atomic mass is 9.97. The van der Waals surface area contributed by atoms with Crippen LogP contribution in [-0.2, 0) is 42.9 Å². The number of hydrogen-bond acceptors (Lipinski definition) is 13. The molecule has 0 saturated carbocycles. The molecule has 1 aliphatic heterocycles. The Morgan fingerprint density at radius 1 is 0.949 bits per heavy atom. The van der Waals surface area contributed by atoms with Crippen molar-refractivity contribution in [3.63, 3.8) is 0 Å². The largest absolute Gasteiger partial charge is 0.463 e. The maximum atomic E-state index is 12.6. The van der Waals surface area contributed by atoms with Crippen LogP contribution in [0.15, 0.2) is 46.4 Å². The zero-order valence-electron chi connectivity index (χ0n) is 21.4. The first-order valence-corrected chi connectivity index (χ1v) is 12.0. The van der Waals surface area contributed by atoms with Crippen LogP contribution in [0.2, 0.25) is 0 Å². The van der Waals surface area contributed by atoms with E-state index in [0.717, 1.165) is 43.2 Å². The van der Waals surface area contributed by atoms with Gasteiger partial charge in [0.05, 0.1) is 6.21 Å². The number of carbonyl (C=O) groups is 4. The number of ether oxygens (including phenoxy) is 5. The molecule has 1 aromatic carbocycles. The molecule has 1 saturated heterocycles. The van der Waals surface area contributed by atoms with Gasteiger partial charge in [-0.1, -0.05) is 30.3 Å². The maximum absolute atomic E-state index is 12.6. The molecular weight excluding hydrogens is 536 g/mol. The Bertz CT molecular complexity index is 1370. The summed E-state index contributed by atoms with van der Waals surface area (Å²) in [6.07, 6.45) is -4.62. The van der Waals surface area contributed by atoms with Gasteiger partial charge in [-0.25, -0.2) is 4.68 Å². The van der Waals surface area contributed by atoms with Gasteiger partial charge in [-0.2, -0.15) is 14.9 Å². The predicted molar refractivity (Wildman–Crippen MR) is 134 cm³/mol. The van der Waals surface area contributed by atoms with Crippen LogP contribution in [-0.4, -0.2) is 75.6 Å². The van der Waals surface area contributed by atoms with E-state index in [2.05, 4.69) is 10.2 Å². The summed E-state index contributed by atoms with van der Waals surface area (Å²) in [7, 11) is 0. The van der Waals surface area contributed by atoms with Gasteiger partial charge in [0, 0.05) is 27.7 Å². The third-order valence-corrected chi connectivity index (χ3v) is 5.57. The van der Waals surface area contributed by atoms with Crippen molar-refractivity contribution >= 4 is 42.3 Å². The molecule has 5 atom stereocenters. The highest BCUT2D eigenvalue weighted by Crippen LogP contribution is 2.34. The summed E-state index contributed by atoms with van der Waals surface area (Å²) in [5, 5.41) is 8.18. The van der Waals surface area contributed by atoms with E-state index in [1.165, 1.54) is 6.21 Å². The quantitative estimate of drug-likeness (QED) is 0.193. The highest BCUT2D eigenvalue weighted by molar-refractivity contribution is 7.71. The van der Waals surface area contributed by atoms with E-state index in [0.29, 0.717) is 5.56 Å². The normalized spacial score (nSPS) is 22.6. The van der Waals surface area contributed by atoms with Crippen LogP contribution in [0.25, 0.3) is 0 Å². The molecule has 0 spiro atoms. The molecule has 0 amide bonds. The molecule has 3 rings (SSSR count). The standard InChI is InChI=1S/C24H26N4O10S/c1-13(29)34-12-18-20(35-14(2)30)21(36-15(3)31)22(37-16(4)32)23(38-18)28-24(39)27(19(33)11-26-28)25-10-17-8-6-5-7-9-17/h5-11,18,20-23H,12H2,1-4H3/b25-10+/t18-,20-,21+,22-,23-/m1/s1. The van der Waals surface area contributed by atoms with E-state index < -0.39 is 66.7 Å². The number of rotatable bonds is 8. The Hall–Kier alpha value is -4.24. The molecule has 1 fully saturated rings. The smallest absolute Gasteiger partial charge is 0.303 e. The van der Waals surface area contributed by atoms with Gasteiger partial charge >= 0.3 is 23.9 Å². The first-order valence-electron chi connectivity index (χ1n) is 11.6. The van der Waals surface area contributed by atoms with Crippen LogP contribution in [0.3, 0.4) is 0 Å². The molecule has 2 aromatic rings. The molecule has 14 nitrogen and oxygen atoms in total. The number of aromatic nitrogens is 3. The Morgan fingerprint density at radius 2 is 1.54 bits per heavy atom. The van der Waals surface area contributed by atoms with E-state index in [1.54, 1.807) is 24.3 Å². The molecular formula is C24H26N4O10S. The Balaban J connectivity index is 2.14.